The first-order valence-electron chi connectivity index (χ1n) is 5.59. The number of nitrogens with one attached hydrogen (secondary N) is 1. The van der Waals surface area contributed by atoms with Crippen LogP contribution in [0.25, 0.3) is 0 Å². The van der Waals surface area contributed by atoms with Crippen LogP contribution < -0.4 is 5.32 Å². The molecule has 0 saturated carbocycles. The molecule has 4 nitrogen and oxygen atoms in total. The zero-order valence-corrected chi connectivity index (χ0v) is 9.92. The van der Waals surface area contributed by atoms with Crippen LogP contribution >= 0.6 is 0 Å². The standard InChI is InChI=1S/C11H22N2O2/c1-11(2,3)12-7-10(15)13-6-4-5-9(13)8-14/h9,12,14H,4-8H2,1-3H3/t9-/m0/s1. The maximum Gasteiger partial charge on any atom is 0.236 e. The molecular formula is C11H22N2O2. The van der Waals surface area contributed by atoms with Gasteiger partial charge in [-0.2, -0.15) is 0 Å². The fourth-order valence-electron chi connectivity index (χ4n) is 1.80. The van der Waals surface area contributed by atoms with E-state index in [0.717, 1.165) is 19.4 Å². The third-order valence-corrected chi connectivity index (χ3v) is 2.68. The van der Waals surface area contributed by atoms with E-state index in [4.69, 9.17) is 5.11 Å². The quantitative estimate of drug-likeness (QED) is 0.713. The van der Waals surface area contributed by atoms with Gasteiger partial charge in [-0.25, -0.2) is 0 Å². The van der Waals surface area contributed by atoms with E-state index in [1.54, 1.807) is 4.90 Å². The van der Waals surface area contributed by atoms with Gasteiger partial charge in [0, 0.05) is 12.1 Å². The fraction of sp³-hybridized carbons (Fsp3) is 0.909. The van der Waals surface area contributed by atoms with E-state index >= 15 is 0 Å². The van der Waals surface area contributed by atoms with Crippen molar-refractivity contribution in [2.24, 2.45) is 0 Å². The summed E-state index contributed by atoms with van der Waals surface area (Å²) >= 11 is 0. The lowest BCUT2D eigenvalue weighted by Gasteiger charge is -2.26. The topological polar surface area (TPSA) is 52.6 Å². The first-order chi connectivity index (χ1) is 6.94. The van der Waals surface area contributed by atoms with Gasteiger partial charge in [0.05, 0.1) is 19.2 Å². The van der Waals surface area contributed by atoms with E-state index in [1.807, 2.05) is 20.8 Å². The Hall–Kier alpha value is -0.610. The molecule has 4 heteroatoms. The molecule has 1 saturated heterocycles. The summed E-state index contributed by atoms with van der Waals surface area (Å²) in [6.07, 6.45) is 1.93. The smallest absolute Gasteiger partial charge is 0.236 e. The van der Waals surface area contributed by atoms with Gasteiger partial charge in [0.1, 0.15) is 0 Å². The van der Waals surface area contributed by atoms with Gasteiger partial charge in [-0.05, 0) is 33.6 Å². The van der Waals surface area contributed by atoms with Crippen LogP contribution in [0.1, 0.15) is 33.6 Å². The lowest BCUT2D eigenvalue weighted by Crippen LogP contribution is -2.47. The van der Waals surface area contributed by atoms with Gasteiger partial charge >= 0.3 is 0 Å². The molecule has 0 bridgehead atoms. The summed E-state index contributed by atoms with van der Waals surface area (Å²) in [7, 11) is 0. The van der Waals surface area contributed by atoms with Crippen LogP contribution in [0.5, 0.6) is 0 Å². The van der Waals surface area contributed by atoms with Crippen LogP contribution in [-0.4, -0.2) is 47.2 Å². The normalized spacial score (nSPS) is 22.1. The second kappa shape index (κ2) is 4.94. The SMILES string of the molecule is CC(C)(C)NCC(=O)N1CCC[C@H]1CO. The summed E-state index contributed by atoms with van der Waals surface area (Å²) in [5.41, 5.74) is -0.0376. The number of amides is 1. The van der Waals surface area contributed by atoms with Crippen molar-refractivity contribution in [2.75, 3.05) is 19.7 Å². The fourth-order valence-corrected chi connectivity index (χ4v) is 1.80. The third kappa shape index (κ3) is 3.80. The van der Waals surface area contributed by atoms with Crippen molar-refractivity contribution < 1.29 is 9.90 Å². The number of hydrogen-bond donors (Lipinski definition) is 2. The maximum atomic E-state index is 11.8. The van der Waals surface area contributed by atoms with Crippen molar-refractivity contribution >= 4 is 5.91 Å². The Morgan fingerprint density at radius 2 is 2.20 bits per heavy atom. The molecule has 0 aliphatic carbocycles. The Kier molecular flexibility index (Phi) is 4.11. The van der Waals surface area contributed by atoms with Crippen molar-refractivity contribution in [3.63, 3.8) is 0 Å². The van der Waals surface area contributed by atoms with Crippen LogP contribution in [0, 0.1) is 0 Å². The van der Waals surface area contributed by atoms with E-state index in [2.05, 4.69) is 5.32 Å². The zero-order chi connectivity index (χ0) is 11.5. The van der Waals surface area contributed by atoms with Crippen LogP contribution in [0.3, 0.4) is 0 Å². The molecule has 2 N–H and O–H groups in total. The second-order valence-corrected chi connectivity index (χ2v) is 5.17. The molecule has 0 radical (unpaired) electrons. The summed E-state index contributed by atoms with van der Waals surface area (Å²) in [5.74, 6) is 0.0986. The molecule has 1 heterocycles. The Morgan fingerprint density at radius 3 is 2.73 bits per heavy atom. The molecule has 15 heavy (non-hydrogen) atoms. The lowest BCUT2D eigenvalue weighted by atomic mass is 10.1. The van der Waals surface area contributed by atoms with Gasteiger partial charge < -0.3 is 15.3 Å². The van der Waals surface area contributed by atoms with Gasteiger partial charge in [0.25, 0.3) is 0 Å². The number of carbonyl (C=O) groups excluding carboxylic acids is 1. The number of carbonyl (C=O) groups is 1. The molecular weight excluding hydrogens is 192 g/mol. The number of rotatable bonds is 3. The van der Waals surface area contributed by atoms with Crippen molar-refractivity contribution in [3.05, 3.63) is 0 Å². The average molecular weight is 214 g/mol. The average Bonchev–Trinajstić information content (AvgIpc) is 2.60. The number of aliphatic hydroxyl groups excluding tert-OH is 1. The van der Waals surface area contributed by atoms with E-state index in [1.165, 1.54) is 0 Å². The van der Waals surface area contributed by atoms with Gasteiger partial charge in [0.15, 0.2) is 0 Å². The van der Waals surface area contributed by atoms with E-state index in [-0.39, 0.29) is 24.1 Å². The van der Waals surface area contributed by atoms with E-state index < -0.39 is 0 Å². The third-order valence-electron chi connectivity index (χ3n) is 2.68. The number of aliphatic hydroxyl groups is 1. The monoisotopic (exact) mass is 214 g/mol. The van der Waals surface area contributed by atoms with Crippen molar-refractivity contribution in [1.82, 2.24) is 10.2 Å². The van der Waals surface area contributed by atoms with Gasteiger partial charge in [-0.3, -0.25) is 4.79 Å². The number of hydrogen-bond acceptors (Lipinski definition) is 3. The zero-order valence-electron chi connectivity index (χ0n) is 9.92. The maximum absolute atomic E-state index is 11.8. The first-order valence-corrected chi connectivity index (χ1v) is 5.59. The minimum Gasteiger partial charge on any atom is -0.394 e. The molecule has 1 aliphatic heterocycles. The van der Waals surface area contributed by atoms with Gasteiger partial charge in [0.2, 0.25) is 5.91 Å². The summed E-state index contributed by atoms with van der Waals surface area (Å²) in [6, 6.07) is 0.0410. The van der Waals surface area contributed by atoms with Crippen LogP contribution in [-0.2, 0) is 4.79 Å². The highest BCUT2D eigenvalue weighted by Gasteiger charge is 2.28. The highest BCUT2D eigenvalue weighted by atomic mass is 16.3. The number of nitrogens with zero attached hydrogens (tertiary/aromatic N) is 1. The predicted octanol–water partition coefficient (Wildman–Crippen LogP) is 0.358. The highest BCUT2D eigenvalue weighted by molar-refractivity contribution is 5.79. The first kappa shape index (κ1) is 12.5. The number of likely N-dealkylation sites (tertiary alicyclic amines) is 1. The molecule has 0 aromatic carbocycles. The van der Waals surface area contributed by atoms with Crippen LogP contribution in [0.15, 0.2) is 0 Å². The molecule has 1 amide bonds. The van der Waals surface area contributed by atoms with Crippen molar-refractivity contribution in [3.8, 4) is 0 Å². The summed E-state index contributed by atoms with van der Waals surface area (Å²) < 4.78 is 0. The summed E-state index contributed by atoms with van der Waals surface area (Å²) in [6.45, 7) is 7.34. The highest BCUT2D eigenvalue weighted by Crippen LogP contribution is 2.16. The largest absolute Gasteiger partial charge is 0.394 e. The Bertz CT molecular complexity index is 223. The summed E-state index contributed by atoms with van der Waals surface area (Å²) in [5, 5.41) is 12.3. The Labute approximate surface area is 91.6 Å². The van der Waals surface area contributed by atoms with Crippen molar-refractivity contribution in [2.45, 2.75) is 45.2 Å². The van der Waals surface area contributed by atoms with Gasteiger partial charge in [-0.1, -0.05) is 0 Å². The minimum absolute atomic E-state index is 0.0376. The lowest BCUT2D eigenvalue weighted by molar-refractivity contribution is -0.132. The summed E-state index contributed by atoms with van der Waals surface area (Å²) in [4.78, 5) is 13.6. The molecule has 0 unspecified atom stereocenters. The van der Waals surface area contributed by atoms with Gasteiger partial charge in [-0.15, -0.1) is 0 Å². The van der Waals surface area contributed by atoms with Crippen LogP contribution in [0.4, 0.5) is 0 Å². The molecule has 1 fully saturated rings. The molecule has 1 rings (SSSR count). The van der Waals surface area contributed by atoms with E-state index in [9.17, 15) is 4.79 Å². The van der Waals surface area contributed by atoms with E-state index in [0.29, 0.717) is 6.54 Å². The molecule has 1 aliphatic rings. The molecule has 88 valence electrons. The minimum atomic E-state index is -0.0376. The predicted molar refractivity (Wildman–Crippen MR) is 59.6 cm³/mol. The molecule has 0 aromatic rings. The Morgan fingerprint density at radius 1 is 1.53 bits per heavy atom. The Balaban J connectivity index is 2.40. The van der Waals surface area contributed by atoms with Crippen LogP contribution in [0.2, 0.25) is 0 Å². The molecule has 1 atom stereocenters. The second-order valence-electron chi connectivity index (χ2n) is 5.17. The van der Waals surface area contributed by atoms with Crippen molar-refractivity contribution in [1.29, 1.82) is 0 Å². The molecule has 0 aromatic heterocycles. The molecule has 0 spiro atoms.